The van der Waals surface area contributed by atoms with Gasteiger partial charge in [-0.3, -0.25) is 19.8 Å². The molecule has 7 nitrogen and oxygen atoms in total. The molecule has 2 fully saturated rings. The minimum absolute atomic E-state index is 0.00766. The Hall–Kier alpha value is -1.99. The predicted octanol–water partition coefficient (Wildman–Crippen LogP) is 1.05. The second-order valence-electron chi connectivity index (χ2n) is 6.24. The molecule has 2 atom stereocenters. The zero-order chi connectivity index (χ0) is 16.6. The van der Waals surface area contributed by atoms with Crippen LogP contribution in [0.2, 0.25) is 0 Å². The second kappa shape index (κ2) is 6.25. The molecule has 0 unspecified atom stereocenters. The van der Waals surface area contributed by atoms with Gasteiger partial charge in [0.05, 0.1) is 11.0 Å². The molecule has 0 aromatic heterocycles. The summed E-state index contributed by atoms with van der Waals surface area (Å²) >= 11 is 0. The van der Waals surface area contributed by atoms with Crippen molar-refractivity contribution in [3.05, 3.63) is 39.4 Å². The smallest absolute Gasteiger partial charge is 0.273 e. The fourth-order valence-corrected chi connectivity index (χ4v) is 3.55. The van der Waals surface area contributed by atoms with Crippen LogP contribution in [-0.4, -0.2) is 64.1 Å². The van der Waals surface area contributed by atoms with E-state index in [2.05, 4.69) is 4.90 Å². The average Bonchev–Trinajstić information content (AvgIpc) is 2.92. The summed E-state index contributed by atoms with van der Waals surface area (Å²) in [6.07, 6.45) is 0.919. The van der Waals surface area contributed by atoms with Crippen LogP contribution in [0.5, 0.6) is 0 Å². The first-order valence-corrected chi connectivity index (χ1v) is 7.98. The number of amides is 1. The molecule has 2 aliphatic rings. The van der Waals surface area contributed by atoms with E-state index in [0.29, 0.717) is 43.6 Å². The number of hydrogen-bond acceptors (Lipinski definition) is 5. The van der Waals surface area contributed by atoms with Gasteiger partial charge in [0.25, 0.3) is 11.6 Å². The van der Waals surface area contributed by atoms with Crippen LogP contribution in [0.15, 0.2) is 18.2 Å². The number of aliphatic hydroxyl groups excluding tert-OH is 1. The molecule has 0 bridgehead atoms. The zero-order valence-electron chi connectivity index (χ0n) is 13.1. The van der Waals surface area contributed by atoms with E-state index in [9.17, 15) is 20.0 Å². The topological polar surface area (TPSA) is 86.9 Å². The highest BCUT2D eigenvalue weighted by molar-refractivity contribution is 5.95. The Kier molecular flexibility index (Phi) is 4.32. The number of carbonyl (C=O) groups excluding carboxylic acids is 1. The van der Waals surface area contributed by atoms with Gasteiger partial charge in [-0.15, -0.1) is 0 Å². The highest BCUT2D eigenvalue weighted by atomic mass is 16.6. The summed E-state index contributed by atoms with van der Waals surface area (Å²) in [5.41, 5.74) is 1.00. The summed E-state index contributed by atoms with van der Waals surface area (Å²) in [7, 11) is 0. The fraction of sp³-hybridized carbons (Fsp3) is 0.562. The van der Waals surface area contributed by atoms with Crippen molar-refractivity contribution in [2.24, 2.45) is 0 Å². The van der Waals surface area contributed by atoms with Crippen molar-refractivity contribution in [1.82, 2.24) is 9.80 Å². The number of nitro groups is 1. The molecule has 0 spiro atoms. The third-order valence-electron chi connectivity index (χ3n) is 4.79. The molecule has 1 N–H and O–H groups in total. The number of nitrogens with zero attached hydrogens (tertiary/aromatic N) is 3. The number of fused-ring (bicyclic) bond motifs is 1. The molecule has 2 heterocycles. The van der Waals surface area contributed by atoms with Gasteiger partial charge < -0.3 is 10.0 Å². The quantitative estimate of drug-likeness (QED) is 0.664. The van der Waals surface area contributed by atoms with Gasteiger partial charge >= 0.3 is 0 Å². The van der Waals surface area contributed by atoms with Crippen molar-refractivity contribution < 1.29 is 14.8 Å². The fourth-order valence-electron chi connectivity index (χ4n) is 3.55. The first kappa shape index (κ1) is 15.9. The summed E-state index contributed by atoms with van der Waals surface area (Å²) in [5, 5.41) is 20.9. The van der Waals surface area contributed by atoms with Crippen LogP contribution >= 0.6 is 0 Å². The molecule has 1 aromatic rings. The maximum absolute atomic E-state index is 12.7. The summed E-state index contributed by atoms with van der Waals surface area (Å²) in [4.78, 5) is 27.3. The lowest BCUT2D eigenvalue weighted by Crippen LogP contribution is -2.52. The first-order valence-electron chi connectivity index (χ1n) is 7.98. The van der Waals surface area contributed by atoms with E-state index in [1.54, 1.807) is 17.0 Å². The van der Waals surface area contributed by atoms with E-state index in [1.807, 2.05) is 6.92 Å². The van der Waals surface area contributed by atoms with Crippen LogP contribution in [0.25, 0.3) is 0 Å². The second-order valence-corrected chi connectivity index (χ2v) is 6.24. The number of hydrogen-bond donors (Lipinski definition) is 1. The molecule has 0 aliphatic carbocycles. The normalized spacial score (nSPS) is 24.5. The lowest BCUT2D eigenvalue weighted by molar-refractivity contribution is -0.385. The van der Waals surface area contributed by atoms with Crippen molar-refractivity contribution in [2.75, 3.05) is 26.2 Å². The summed E-state index contributed by atoms with van der Waals surface area (Å²) in [6.45, 7) is 4.42. The van der Waals surface area contributed by atoms with Gasteiger partial charge in [-0.1, -0.05) is 13.0 Å². The minimum Gasteiger partial charge on any atom is -0.392 e. The first-order chi connectivity index (χ1) is 11.0. The van der Waals surface area contributed by atoms with Gasteiger partial charge in [0.2, 0.25) is 0 Å². The average molecular weight is 319 g/mol. The Labute approximate surface area is 134 Å². The standard InChI is InChI=1S/C16H21N3O4/c1-2-11-3-4-12(7-15(11)19(22)23)16(21)18-6-5-17-10-14(20)8-13(17)9-18/h3-4,7,13-14,20H,2,5-6,8-10H2,1H3/t13-,14+/m0/s1. The Bertz CT molecular complexity index is 634. The predicted molar refractivity (Wildman–Crippen MR) is 84.4 cm³/mol. The number of rotatable bonds is 3. The molecule has 0 saturated carbocycles. The Balaban J connectivity index is 1.78. The molecule has 1 amide bonds. The third kappa shape index (κ3) is 3.07. The van der Waals surface area contributed by atoms with Crippen LogP contribution in [0, 0.1) is 10.1 Å². The number of carbonyl (C=O) groups is 1. The van der Waals surface area contributed by atoms with Crippen molar-refractivity contribution in [3.8, 4) is 0 Å². The lowest BCUT2D eigenvalue weighted by atomic mass is 10.0. The van der Waals surface area contributed by atoms with Crippen molar-refractivity contribution in [1.29, 1.82) is 0 Å². The van der Waals surface area contributed by atoms with Crippen LogP contribution in [0.1, 0.15) is 29.3 Å². The summed E-state index contributed by atoms with van der Waals surface area (Å²) < 4.78 is 0. The number of piperazine rings is 1. The van der Waals surface area contributed by atoms with Crippen molar-refractivity contribution >= 4 is 11.6 Å². The molecular weight excluding hydrogens is 298 g/mol. The van der Waals surface area contributed by atoms with Gasteiger partial charge in [-0.2, -0.15) is 0 Å². The number of nitro benzene ring substituents is 1. The maximum atomic E-state index is 12.7. The molecule has 7 heteroatoms. The van der Waals surface area contributed by atoms with Crippen molar-refractivity contribution in [2.45, 2.75) is 31.9 Å². The van der Waals surface area contributed by atoms with Gasteiger partial charge in [-0.25, -0.2) is 0 Å². The van der Waals surface area contributed by atoms with Gasteiger partial charge in [-0.05, 0) is 18.9 Å². The molecule has 2 saturated heterocycles. The molecule has 0 radical (unpaired) electrons. The van der Waals surface area contributed by atoms with Gasteiger partial charge in [0, 0.05) is 49.4 Å². The summed E-state index contributed by atoms with van der Waals surface area (Å²) in [6, 6.07) is 4.91. The van der Waals surface area contributed by atoms with E-state index >= 15 is 0 Å². The number of aryl methyl sites for hydroxylation is 1. The molecule has 124 valence electrons. The molecule has 3 rings (SSSR count). The monoisotopic (exact) mass is 319 g/mol. The zero-order valence-corrected chi connectivity index (χ0v) is 13.1. The van der Waals surface area contributed by atoms with E-state index in [1.165, 1.54) is 6.07 Å². The highest BCUT2D eigenvalue weighted by Gasteiger charge is 2.37. The molecule has 1 aromatic carbocycles. The Morgan fingerprint density at radius 1 is 1.39 bits per heavy atom. The number of aliphatic hydroxyl groups is 1. The molecule has 23 heavy (non-hydrogen) atoms. The van der Waals surface area contributed by atoms with Crippen molar-refractivity contribution in [3.63, 3.8) is 0 Å². The van der Waals surface area contributed by atoms with E-state index in [0.717, 1.165) is 6.54 Å². The van der Waals surface area contributed by atoms with E-state index in [-0.39, 0.29) is 23.7 Å². The van der Waals surface area contributed by atoms with Crippen LogP contribution < -0.4 is 0 Å². The number of benzene rings is 1. The van der Waals surface area contributed by atoms with E-state index < -0.39 is 4.92 Å². The van der Waals surface area contributed by atoms with Crippen LogP contribution in [0.4, 0.5) is 5.69 Å². The molecular formula is C16H21N3O4. The van der Waals surface area contributed by atoms with Crippen LogP contribution in [0.3, 0.4) is 0 Å². The maximum Gasteiger partial charge on any atom is 0.273 e. The minimum atomic E-state index is -0.430. The Morgan fingerprint density at radius 3 is 2.87 bits per heavy atom. The van der Waals surface area contributed by atoms with Gasteiger partial charge in [0.15, 0.2) is 0 Å². The largest absolute Gasteiger partial charge is 0.392 e. The highest BCUT2D eigenvalue weighted by Crippen LogP contribution is 2.25. The van der Waals surface area contributed by atoms with Gasteiger partial charge in [0.1, 0.15) is 0 Å². The summed E-state index contributed by atoms with van der Waals surface area (Å²) in [5.74, 6) is -0.170. The third-order valence-corrected chi connectivity index (χ3v) is 4.79. The SMILES string of the molecule is CCc1ccc(C(=O)N2CCN3C[C@H](O)C[C@H]3C2)cc1[N+](=O)[O-]. The van der Waals surface area contributed by atoms with E-state index in [4.69, 9.17) is 0 Å². The molecule has 2 aliphatic heterocycles. The van der Waals surface area contributed by atoms with Crippen LogP contribution in [-0.2, 0) is 6.42 Å². The Morgan fingerprint density at radius 2 is 2.17 bits per heavy atom. The lowest BCUT2D eigenvalue weighted by Gasteiger charge is -2.37.